The molecule has 0 aliphatic heterocycles. The van der Waals surface area contributed by atoms with Crippen molar-refractivity contribution in [3.8, 4) is 0 Å². The summed E-state index contributed by atoms with van der Waals surface area (Å²) in [7, 11) is 0. The Morgan fingerprint density at radius 2 is 2.27 bits per heavy atom. The fourth-order valence-electron chi connectivity index (χ4n) is 0.705. The molecule has 0 spiro atoms. The van der Waals surface area contributed by atoms with Crippen molar-refractivity contribution < 1.29 is 9.53 Å². The average molecular weight is 160 g/mol. The van der Waals surface area contributed by atoms with E-state index in [-0.39, 0.29) is 5.97 Å². The first-order chi connectivity index (χ1) is 5.22. The van der Waals surface area contributed by atoms with E-state index >= 15 is 0 Å². The van der Waals surface area contributed by atoms with E-state index in [1.54, 1.807) is 6.92 Å². The van der Waals surface area contributed by atoms with Gasteiger partial charge in [-0.1, -0.05) is 0 Å². The topological polar surface area (TPSA) is 78.3 Å². The molecule has 0 rings (SSSR count). The molecule has 4 heteroatoms. The third-order valence-electron chi connectivity index (χ3n) is 1.31. The highest BCUT2D eigenvalue weighted by molar-refractivity contribution is 5.75. The van der Waals surface area contributed by atoms with Crippen LogP contribution in [0, 0.1) is 0 Å². The van der Waals surface area contributed by atoms with Gasteiger partial charge in [-0.3, -0.25) is 4.79 Å². The molecule has 0 saturated heterocycles. The van der Waals surface area contributed by atoms with Crippen molar-refractivity contribution in [1.29, 1.82) is 0 Å². The zero-order valence-electron chi connectivity index (χ0n) is 6.88. The highest BCUT2D eigenvalue weighted by Crippen LogP contribution is 1.95. The van der Waals surface area contributed by atoms with Crippen LogP contribution in [0.4, 0.5) is 0 Å². The Kier molecular flexibility index (Phi) is 5.78. The molecule has 0 radical (unpaired) electrons. The number of hydrogen-bond acceptors (Lipinski definition) is 4. The molecule has 4 N–H and O–H groups in total. The van der Waals surface area contributed by atoms with Gasteiger partial charge < -0.3 is 16.2 Å². The fraction of sp³-hybridized carbons (Fsp3) is 0.857. The first-order valence-corrected chi connectivity index (χ1v) is 3.84. The number of rotatable bonds is 5. The van der Waals surface area contributed by atoms with Gasteiger partial charge >= 0.3 is 5.97 Å². The molecule has 0 aromatic heterocycles. The summed E-state index contributed by atoms with van der Waals surface area (Å²) in [5.74, 6) is -0.332. The average Bonchev–Trinajstić information content (AvgIpc) is 2.00. The van der Waals surface area contributed by atoms with Crippen molar-refractivity contribution in [3.63, 3.8) is 0 Å². The van der Waals surface area contributed by atoms with Gasteiger partial charge in [-0.2, -0.15) is 0 Å². The van der Waals surface area contributed by atoms with Crippen LogP contribution in [-0.2, 0) is 9.53 Å². The van der Waals surface area contributed by atoms with E-state index in [0.29, 0.717) is 19.6 Å². The summed E-state index contributed by atoms with van der Waals surface area (Å²) in [6, 6.07) is -0.501. The van der Waals surface area contributed by atoms with Crippen molar-refractivity contribution in [2.24, 2.45) is 11.5 Å². The lowest BCUT2D eigenvalue weighted by molar-refractivity contribution is -0.144. The van der Waals surface area contributed by atoms with Gasteiger partial charge in [0.05, 0.1) is 6.61 Å². The highest BCUT2D eigenvalue weighted by Gasteiger charge is 2.12. The van der Waals surface area contributed by atoms with E-state index in [1.807, 2.05) is 0 Å². The van der Waals surface area contributed by atoms with Crippen molar-refractivity contribution in [2.45, 2.75) is 25.8 Å². The van der Waals surface area contributed by atoms with Gasteiger partial charge in [0.1, 0.15) is 6.04 Å². The molecule has 0 aromatic rings. The largest absolute Gasteiger partial charge is 0.465 e. The molecule has 0 unspecified atom stereocenters. The molecule has 0 bridgehead atoms. The number of esters is 1. The second-order valence-electron chi connectivity index (χ2n) is 2.29. The van der Waals surface area contributed by atoms with Gasteiger partial charge in [-0.05, 0) is 26.3 Å². The molecule has 0 aliphatic carbocycles. The molecule has 66 valence electrons. The van der Waals surface area contributed by atoms with Crippen molar-refractivity contribution in [2.75, 3.05) is 13.2 Å². The summed E-state index contributed by atoms with van der Waals surface area (Å²) in [6.07, 6.45) is 1.37. The first kappa shape index (κ1) is 10.4. The molecule has 0 fully saturated rings. The van der Waals surface area contributed by atoms with Gasteiger partial charge in [-0.25, -0.2) is 0 Å². The highest BCUT2D eigenvalue weighted by atomic mass is 16.5. The van der Waals surface area contributed by atoms with Crippen LogP contribution in [0.2, 0.25) is 0 Å². The number of nitrogens with two attached hydrogens (primary N) is 2. The second-order valence-corrected chi connectivity index (χ2v) is 2.29. The number of hydrogen-bond donors (Lipinski definition) is 2. The maximum absolute atomic E-state index is 10.9. The molecular weight excluding hydrogens is 144 g/mol. The van der Waals surface area contributed by atoms with Crippen molar-refractivity contribution in [1.82, 2.24) is 0 Å². The van der Waals surface area contributed by atoms with Gasteiger partial charge in [0, 0.05) is 0 Å². The van der Waals surface area contributed by atoms with E-state index in [0.717, 1.165) is 6.42 Å². The Balaban J connectivity index is 3.46. The Morgan fingerprint density at radius 3 is 2.73 bits per heavy atom. The molecule has 1 atom stereocenters. The molecule has 11 heavy (non-hydrogen) atoms. The van der Waals surface area contributed by atoms with Gasteiger partial charge in [0.15, 0.2) is 0 Å². The van der Waals surface area contributed by atoms with E-state index in [2.05, 4.69) is 0 Å². The predicted molar refractivity (Wildman–Crippen MR) is 42.9 cm³/mol. The normalized spacial score (nSPS) is 12.6. The van der Waals surface area contributed by atoms with E-state index < -0.39 is 6.04 Å². The van der Waals surface area contributed by atoms with Crippen LogP contribution in [0.5, 0.6) is 0 Å². The third-order valence-corrected chi connectivity index (χ3v) is 1.31. The van der Waals surface area contributed by atoms with E-state index in [4.69, 9.17) is 16.2 Å². The molecule has 0 aromatic carbocycles. The van der Waals surface area contributed by atoms with Crippen molar-refractivity contribution >= 4 is 5.97 Å². The molecule has 0 heterocycles. The van der Waals surface area contributed by atoms with Crippen LogP contribution in [0.25, 0.3) is 0 Å². The van der Waals surface area contributed by atoms with Crippen LogP contribution in [0.15, 0.2) is 0 Å². The maximum atomic E-state index is 10.9. The summed E-state index contributed by atoms with van der Waals surface area (Å²) in [5, 5.41) is 0. The first-order valence-electron chi connectivity index (χ1n) is 3.84. The molecule has 0 aliphatic rings. The van der Waals surface area contributed by atoms with Gasteiger partial charge in [0.25, 0.3) is 0 Å². The zero-order valence-corrected chi connectivity index (χ0v) is 6.88. The Hall–Kier alpha value is -0.610. The minimum atomic E-state index is -0.501. The van der Waals surface area contributed by atoms with E-state index in [9.17, 15) is 4.79 Å². The third kappa shape index (κ3) is 4.75. The standard InChI is InChI=1S/C7H16N2O2/c1-2-11-7(10)6(9)4-3-5-8/h6H,2-5,8-9H2,1H3/t6-/m0/s1. The maximum Gasteiger partial charge on any atom is 0.322 e. The monoisotopic (exact) mass is 160 g/mol. The minimum Gasteiger partial charge on any atom is -0.465 e. The summed E-state index contributed by atoms with van der Waals surface area (Å²) in [6.45, 7) is 2.70. The van der Waals surface area contributed by atoms with Crippen LogP contribution >= 0.6 is 0 Å². The molecule has 0 amide bonds. The Labute approximate surface area is 66.9 Å². The lowest BCUT2D eigenvalue weighted by atomic mass is 10.2. The number of carbonyl (C=O) groups excluding carboxylic acids is 1. The van der Waals surface area contributed by atoms with Crippen LogP contribution in [-0.4, -0.2) is 25.2 Å². The molecular formula is C7H16N2O2. The summed E-state index contributed by atoms with van der Waals surface area (Å²) in [4.78, 5) is 10.9. The second kappa shape index (κ2) is 6.12. The van der Waals surface area contributed by atoms with Crippen LogP contribution in [0.3, 0.4) is 0 Å². The zero-order chi connectivity index (χ0) is 8.69. The molecule has 4 nitrogen and oxygen atoms in total. The fourth-order valence-corrected chi connectivity index (χ4v) is 0.705. The quantitative estimate of drug-likeness (QED) is 0.537. The van der Waals surface area contributed by atoms with Gasteiger partial charge in [0.2, 0.25) is 0 Å². The SMILES string of the molecule is CCOC(=O)[C@@H](N)CCCN. The van der Waals surface area contributed by atoms with Gasteiger partial charge in [-0.15, -0.1) is 0 Å². The molecule has 0 saturated carbocycles. The lowest BCUT2D eigenvalue weighted by Crippen LogP contribution is -2.32. The van der Waals surface area contributed by atoms with Crippen molar-refractivity contribution in [3.05, 3.63) is 0 Å². The minimum absolute atomic E-state index is 0.332. The van der Waals surface area contributed by atoms with Crippen LogP contribution < -0.4 is 11.5 Å². The number of ether oxygens (including phenoxy) is 1. The summed E-state index contributed by atoms with van der Waals surface area (Å²) >= 11 is 0. The predicted octanol–water partition coefficient (Wildman–Crippen LogP) is -0.384. The Morgan fingerprint density at radius 1 is 1.64 bits per heavy atom. The smallest absolute Gasteiger partial charge is 0.322 e. The van der Waals surface area contributed by atoms with Crippen LogP contribution in [0.1, 0.15) is 19.8 Å². The lowest BCUT2D eigenvalue weighted by Gasteiger charge is -2.08. The van der Waals surface area contributed by atoms with E-state index in [1.165, 1.54) is 0 Å². The summed E-state index contributed by atoms with van der Waals surface area (Å²) in [5.41, 5.74) is 10.7. The summed E-state index contributed by atoms with van der Waals surface area (Å²) < 4.78 is 4.70. The Bertz CT molecular complexity index is 117. The number of carbonyl (C=O) groups is 1.